The molecule has 0 aromatic heterocycles. The molecule has 1 amide bonds. The Morgan fingerprint density at radius 1 is 1.08 bits per heavy atom. The summed E-state index contributed by atoms with van der Waals surface area (Å²) < 4.78 is 0. The smallest absolute Gasteiger partial charge is 0.223 e. The van der Waals surface area contributed by atoms with E-state index in [-0.39, 0.29) is 5.91 Å². The highest BCUT2D eigenvalue weighted by atomic mass is 16.2. The molecule has 24 heavy (non-hydrogen) atoms. The second-order valence-corrected chi connectivity index (χ2v) is 5.99. The molecule has 1 heterocycles. The van der Waals surface area contributed by atoms with Crippen LogP contribution in [0.5, 0.6) is 0 Å². The highest BCUT2D eigenvalue weighted by Crippen LogP contribution is 2.22. The van der Waals surface area contributed by atoms with E-state index in [2.05, 4.69) is 24.3 Å². The number of hydrogen-bond donors (Lipinski definition) is 0. The monoisotopic (exact) mass is 316 g/mol. The van der Waals surface area contributed by atoms with Crippen molar-refractivity contribution in [1.29, 1.82) is 5.26 Å². The maximum absolute atomic E-state index is 12.4. The van der Waals surface area contributed by atoms with Crippen LogP contribution in [0.15, 0.2) is 60.7 Å². The molecule has 0 aliphatic carbocycles. The van der Waals surface area contributed by atoms with E-state index in [1.807, 2.05) is 35.2 Å². The van der Waals surface area contributed by atoms with Crippen molar-refractivity contribution >= 4 is 11.5 Å². The molecule has 3 nitrogen and oxygen atoms in total. The minimum atomic E-state index is 0.197. The van der Waals surface area contributed by atoms with Crippen LogP contribution in [0.25, 0.3) is 5.57 Å². The van der Waals surface area contributed by atoms with E-state index in [0.717, 1.165) is 24.9 Å². The van der Waals surface area contributed by atoms with E-state index in [4.69, 9.17) is 5.26 Å². The van der Waals surface area contributed by atoms with Gasteiger partial charge in [-0.05, 0) is 41.7 Å². The number of benzene rings is 2. The summed E-state index contributed by atoms with van der Waals surface area (Å²) in [5, 5.41) is 8.80. The number of aryl methyl sites for hydroxylation is 1. The molecular formula is C21H20N2O. The predicted octanol–water partition coefficient (Wildman–Crippen LogP) is 3.81. The van der Waals surface area contributed by atoms with Crippen molar-refractivity contribution in [3.63, 3.8) is 0 Å². The zero-order valence-corrected chi connectivity index (χ0v) is 13.6. The van der Waals surface area contributed by atoms with E-state index in [1.165, 1.54) is 11.1 Å². The van der Waals surface area contributed by atoms with Gasteiger partial charge in [0.1, 0.15) is 0 Å². The van der Waals surface area contributed by atoms with E-state index in [1.54, 1.807) is 12.1 Å². The van der Waals surface area contributed by atoms with Crippen molar-refractivity contribution in [1.82, 2.24) is 4.90 Å². The van der Waals surface area contributed by atoms with Crippen LogP contribution >= 0.6 is 0 Å². The van der Waals surface area contributed by atoms with Gasteiger partial charge < -0.3 is 4.90 Å². The fourth-order valence-corrected chi connectivity index (χ4v) is 2.97. The van der Waals surface area contributed by atoms with Crippen LogP contribution in [-0.2, 0) is 11.2 Å². The third-order valence-corrected chi connectivity index (χ3v) is 4.42. The van der Waals surface area contributed by atoms with Gasteiger partial charge in [-0.2, -0.15) is 5.26 Å². The lowest BCUT2D eigenvalue weighted by molar-refractivity contribution is -0.130. The molecule has 1 aliphatic heterocycles. The summed E-state index contributed by atoms with van der Waals surface area (Å²) in [6, 6.07) is 19.9. The molecule has 1 aliphatic rings. The lowest BCUT2D eigenvalue weighted by atomic mass is 9.99. The van der Waals surface area contributed by atoms with Crippen LogP contribution in [0.3, 0.4) is 0 Å². The molecule has 0 atom stereocenters. The predicted molar refractivity (Wildman–Crippen MR) is 95.1 cm³/mol. The summed E-state index contributed by atoms with van der Waals surface area (Å²) in [4.78, 5) is 14.3. The summed E-state index contributed by atoms with van der Waals surface area (Å²) in [7, 11) is 0. The van der Waals surface area contributed by atoms with Gasteiger partial charge in [0.25, 0.3) is 0 Å². The molecule has 0 saturated carbocycles. The Labute approximate surface area is 142 Å². The Bertz CT molecular complexity index is 770. The minimum Gasteiger partial charge on any atom is -0.339 e. The Morgan fingerprint density at radius 3 is 2.46 bits per heavy atom. The summed E-state index contributed by atoms with van der Waals surface area (Å²) >= 11 is 0. The van der Waals surface area contributed by atoms with Gasteiger partial charge in [0.15, 0.2) is 0 Å². The molecule has 0 N–H and O–H groups in total. The fraction of sp³-hybridized carbons (Fsp3) is 0.238. The van der Waals surface area contributed by atoms with Gasteiger partial charge in [0, 0.05) is 19.5 Å². The van der Waals surface area contributed by atoms with Crippen molar-refractivity contribution in [2.45, 2.75) is 19.3 Å². The number of nitriles is 1. The molecule has 2 aromatic rings. The number of carbonyl (C=O) groups excluding carboxylic acids is 1. The molecule has 0 saturated heterocycles. The van der Waals surface area contributed by atoms with Crippen molar-refractivity contribution in [3.05, 3.63) is 77.4 Å². The number of rotatable bonds is 4. The van der Waals surface area contributed by atoms with Crippen LogP contribution in [0, 0.1) is 11.3 Å². The van der Waals surface area contributed by atoms with Gasteiger partial charge in [-0.15, -0.1) is 0 Å². The summed E-state index contributed by atoms with van der Waals surface area (Å²) in [6.07, 6.45) is 4.31. The molecule has 3 heteroatoms. The average Bonchev–Trinajstić information content (AvgIpc) is 2.67. The van der Waals surface area contributed by atoms with E-state index in [0.29, 0.717) is 18.5 Å². The first-order valence-electron chi connectivity index (χ1n) is 8.27. The van der Waals surface area contributed by atoms with Crippen molar-refractivity contribution in [3.8, 4) is 6.07 Å². The maximum atomic E-state index is 12.4. The maximum Gasteiger partial charge on any atom is 0.223 e. The van der Waals surface area contributed by atoms with Crippen LogP contribution < -0.4 is 0 Å². The van der Waals surface area contributed by atoms with Crippen LogP contribution in [-0.4, -0.2) is 23.9 Å². The first-order chi connectivity index (χ1) is 11.8. The fourth-order valence-electron chi connectivity index (χ4n) is 2.97. The summed E-state index contributed by atoms with van der Waals surface area (Å²) in [6.45, 7) is 1.48. The lowest BCUT2D eigenvalue weighted by Crippen LogP contribution is -2.34. The zero-order valence-electron chi connectivity index (χ0n) is 13.6. The van der Waals surface area contributed by atoms with Gasteiger partial charge in [-0.3, -0.25) is 4.79 Å². The second kappa shape index (κ2) is 7.61. The van der Waals surface area contributed by atoms with Crippen molar-refractivity contribution < 1.29 is 4.79 Å². The molecule has 0 spiro atoms. The molecule has 3 rings (SSSR count). The Hall–Kier alpha value is -2.86. The van der Waals surface area contributed by atoms with Crippen molar-refractivity contribution in [2.75, 3.05) is 13.1 Å². The minimum absolute atomic E-state index is 0.197. The highest BCUT2D eigenvalue weighted by molar-refractivity contribution is 5.78. The SMILES string of the molecule is N#Cc1ccc(CCC(=O)N2CC=C(c3ccccc3)CC2)cc1. The largest absolute Gasteiger partial charge is 0.339 e. The van der Waals surface area contributed by atoms with Crippen LogP contribution in [0.1, 0.15) is 29.5 Å². The standard InChI is InChI=1S/C21H20N2O/c22-16-18-8-6-17(7-9-18)10-11-21(24)23-14-12-20(13-15-23)19-4-2-1-3-5-19/h1-9,12H,10-11,13-15H2. The molecule has 0 radical (unpaired) electrons. The third kappa shape index (κ3) is 3.91. The topological polar surface area (TPSA) is 44.1 Å². The zero-order chi connectivity index (χ0) is 16.8. The van der Waals surface area contributed by atoms with E-state index >= 15 is 0 Å². The first-order valence-corrected chi connectivity index (χ1v) is 8.27. The number of nitrogens with zero attached hydrogens (tertiary/aromatic N) is 2. The lowest BCUT2D eigenvalue weighted by Gasteiger charge is -2.26. The Balaban J connectivity index is 1.53. The average molecular weight is 316 g/mol. The molecule has 0 bridgehead atoms. The van der Waals surface area contributed by atoms with Gasteiger partial charge in [0.2, 0.25) is 5.91 Å². The molecule has 0 fully saturated rings. The van der Waals surface area contributed by atoms with E-state index < -0.39 is 0 Å². The third-order valence-electron chi connectivity index (χ3n) is 4.42. The number of amides is 1. The van der Waals surface area contributed by atoms with E-state index in [9.17, 15) is 4.79 Å². The van der Waals surface area contributed by atoms with Crippen LogP contribution in [0.4, 0.5) is 0 Å². The van der Waals surface area contributed by atoms with Gasteiger partial charge >= 0.3 is 0 Å². The number of carbonyl (C=O) groups is 1. The molecule has 2 aromatic carbocycles. The van der Waals surface area contributed by atoms with Crippen LogP contribution in [0.2, 0.25) is 0 Å². The van der Waals surface area contributed by atoms with Gasteiger partial charge in [-0.25, -0.2) is 0 Å². The second-order valence-electron chi connectivity index (χ2n) is 5.99. The molecule has 0 unspecified atom stereocenters. The first kappa shape index (κ1) is 16.0. The summed E-state index contributed by atoms with van der Waals surface area (Å²) in [5.41, 5.74) is 4.33. The quantitative estimate of drug-likeness (QED) is 0.861. The normalized spacial score (nSPS) is 14.0. The van der Waals surface area contributed by atoms with Gasteiger partial charge in [0.05, 0.1) is 11.6 Å². The summed E-state index contributed by atoms with van der Waals surface area (Å²) in [5.74, 6) is 0.197. The van der Waals surface area contributed by atoms with Crippen molar-refractivity contribution in [2.24, 2.45) is 0 Å². The van der Waals surface area contributed by atoms with Gasteiger partial charge in [-0.1, -0.05) is 48.5 Å². The Morgan fingerprint density at radius 2 is 1.83 bits per heavy atom. The molecule has 120 valence electrons. The highest BCUT2D eigenvalue weighted by Gasteiger charge is 2.17. The number of hydrogen-bond acceptors (Lipinski definition) is 2. The molecular weight excluding hydrogens is 296 g/mol. The Kier molecular flexibility index (Phi) is 5.08.